The largest absolute Gasteiger partial charge is 0.309 e. The molecule has 0 bridgehead atoms. The highest BCUT2D eigenvalue weighted by Crippen LogP contribution is 2.41. The molecule has 0 saturated carbocycles. The van der Waals surface area contributed by atoms with E-state index >= 15 is 0 Å². The molecule has 112 valence electrons. The van der Waals surface area contributed by atoms with E-state index in [2.05, 4.69) is 49.6 Å². The molecule has 1 aromatic carbocycles. The van der Waals surface area contributed by atoms with Crippen LogP contribution in [0.15, 0.2) is 24.3 Å². The van der Waals surface area contributed by atoms with Gasteiger partial charge in [0.05, 0.1) is 0 Å². The molecule has 1 aliphatic rings. The Morgan fingerprint density at radius 3 is 2.55 bits per heavy atom. The van der Waals surface area contributed by atoms with Gasteiger partial charge in [0, 0.05) is 27.5 Å². The maximum atomic E-state index is 13.1. The van der Waals surface area contributed by atoms with Crippen LogP contribution in [-0.2, 0) is 0 Å². The predicted octanol–water partition coefficient (Wildman–Crippen LogP) is 4.49. The molecule has 2 rings (SSSR count). The molecule has 4 heteroatoms. The Labute approximate surface area is 130 Å². The summed E-state index contributed by atoms with van der Waals surface area (Å²) in [5, 5.41) is 5.60. The Kier molecular flexibility index (Phi) is 6.24. The van der Waals surface area contributed by atoms with Gasteiger partial charge < -0.3 is 5.32 Å². The van der Waals surface area contributed by atoms with Gasteiger partial charge in [-0.05, 0) is 30.7 Å². The SMILES string of the molecule is CCCNC(c1ccc(F)cc1)C1CSC(C)C(C)S1. The monoisotopic (exact) mass is 313 g/mol. The minimum Gasteiger partial charge on any atom is -0.309 e. The van der Waals surface area contributed by atoms with Crippen molar-refractivity contribution in [2.24, 2.45) is 0 Å². The summed E-state index contributed by atoms with van der Waals surface area (Å²) in [5.74, 6) is 1.00. The van der Waals surface area contributed by atoms with E-state index in [-0.39, 0.29) is 5.82 Å². The number of thioether (sulfide) groups is 2. The molecule has 1 saturated heterocycles. The first-order valence-corrected chi connectivity index (χ1v) is 9.37. The normalized spacial score (nSPS) is 28.3. The van der Waals surface area contributed by atoms with Crippen LogP contribution in [0.5, 0.6) is 0 Å². The fourth-order valence-corrected chi connectivity index (χ4v) is 5.53. The average molecular weight is 314 g/mol. The fourth-order valence-electron chi connectivity index (χ4n) is 2.42. The van der Waals surface area contributed by atoms with Crippen LogP contribution >= 0.6 is 23.5 Å². The molecule has 0 aromatic heterocycles. The van der Waals surface area contributed by atoms with Crippen LogP contribution in [-0.4, -0.2) is 28.0 Å². The molecule has 4 atom stereocenters. The average Bonchev–Trinajstić information content (AvgIpc) is 2.45. The second kappa shape index (κ2) is 7.71. The highest BCUT2D eigenvalue weighted by molar-refractivity contribution is 8.07. The molecule has 0 aliphatic carbocycles. The van der Waals surface area contributed by atoms with Crippen molar-refractivity contribution in [3.05, 3.63) is 35.6 Å². The lowest BCUT2D eigenvalue weighted by Gasteiger charge is -2.36. The molecule has 0 radical (unpaired) electrons. The lowest BCUT2D eigenvalue weighted by Crippen LogP contribution is -2.37. The topological polar surface area (TPSA) is 12.0 Å². The van der Waals surface area contributed by atoms with Gasteiger partial charge in [-0.25, -0.2) is 4.39 Å². The number of hydrogen-bond donors (Lipinski definition) is 1. The predicted molar refractivity (Wildman–Crippen MR) is 90.2 cm³/mol. The smallest absolute Gasteiger partial charge is 0.123 e. The molecule has 0 amide bonds. The third-order valence-corrected chi connectivity index (χ3v) is 7.28. The minimum absolute atomic E-state index is 0.157. The van der Waals surface area contributed by atoms with E-state index < -0.39 is 0 Å². The molecular formula is C16H24FNS2. The molecular weight excluding hydrogens is 289 g/mol. The Morgan fingerprint density at radius 2 is 1.95 bits per heavy atom. The Hall–Kier alpha value is -0.190. The third kappa shape index (κ3) is 4.15. The maximum absolute atomic E-state index is 13.1. The molecule has 1 aromatic rings. The van der Waals surface area contributed by atoms with Crippen LogP contribution in [0.1, 0.15) is 38.8 Å². The van der Waals surface area contributed by atoms with Crippen molar-refractivity contribution < 1.29 is 4.39 Å². The van der Waals surface area contributed by atoms with Crippen molar-refractivity contribution in [3.8, 4) is 0 Å². The van der Waals surface area contributed by atoms with Crippen molar-refractivity contribution in [1.82, 2.24) is 5.32 Å². The van der Waals surface area contributed by atoms with E-state index in [1.165, 1.54) is 5.56 Å². The number of nitrogens with one attached hydrogen (secondary N) is 1. The first-order valence-electron chi connectivity index (χ1n) is 7.37. The van der Waals surface area contributed by atoms with E-state index in [4.69, 9.17) is 0 Å². The summed E-state index contributed by atoms with van der Waals surface area (Å²) in [7, 11) is 0. The summed E-state index contributed by atoms with van der Waals surface area (Å²) >= 11 is 4.13. The van der Waals surface area contributed by atoms with E-state index in [1.54, 1.807) is 12.1 Å². The number of hydrogen-bond acceptors (Lipinski definition) is 3. The van der Waals surface area contributed by atoms with Crippen molar-refractivity contribution >= 4 is 23.5 Å². The standard InChI is InChI=1S/C16H24FNS2/c1-4-9-18-16(13-5-7-14(17)8-6-13)15-10-19-11(2)12(3)20-15/h5-8,11-12,15-16,18H,4,9-10H2,1-3H3. The van der Waals surface area contributed by atoms with Crippen LogP contribution in [0.4, 0.5) is 4.39 Å². The van der Waals surface area contributed by atoms with E-state index in [0.717, 1.165) is 24.0 Å². The summed E-state index contributed by atoms with van der Waals surface area (Å²) in [4.78, 5) is 0. The van der Waals surface area contributed by atoms with Crippen LogP contribution in [0, 0.1) is 5.82 Å². The summed E-state index contributed by atoms with van der Waals surface area (Å²) in [5.41, 5.74) is 1.21. The van der Waals surface area contributed by atoms with Gasteiger partial charge in [0.15, 0.2) is 0 Å². The molecule has 1 aliphatic heterocycles. The van der Waals surface area contributed by atoms with Crippen LogP contribution in [0.25, 0.3) is 0 Å². The van der Waals surface area contributed by atoms with Crippen molar-refractivity contribution in [2.75, 3.05) is 12.3 Å². The quantitative estimate of drug-likeness (QED) is 0.860. The van der Waals surface area contributed by atoms with Crippen molar-refractivity contribution in [2.45, 2.75) is 49.0 Å². The van der Waals surface area contributed by atoms with Crippen molar-refractivity contribution in [1.29, 1.82) is 0 Å². The zero-order valence-electron chi connectivity index (χ0n) is 12.4. The zero-order chi connectivity index (χ0) is 14.5. The van der Waals surface area contributed by atoms with Crippen LogP contribution < -0.4 is 5.32 Å². The fraction of sp³-hybridized carbons (Fsp3) is 0.625. The first kappa shape index (κ1) is 16.2. The summed E-state index contributed by atoms with van der Waals surface area (Å²) in [6.07, 6.45) is 1.12. The van der Waals surface area contributed by atoms with Gasteiger partial charge in [0.2, 0.25) is 0 Å². The van der Waals surface area contributed by atoms with E-state index in [1.807, 2.05) is 12.1 Å². The third-order valence-electron chi connectivity index (χ3n) is 3.79. The van der Waals surface area contributed by atoms with Gasteiger partial charge >= 0.3 is 0 Å². The Morgan fingerprint density at radius 1 is 1.25 bits per heavy atom. The number of halogens is 1. The zero-order valence-corrected chi connectivity index (χ0v) is 14.1. The highest BCUT2D eigenvalue weighted by Gasteiger charge is 2.31. The number of benzene rings is 1. The molecule has 0 spiro atoms. The molecule has 1 nitrogen and oxygen atoms in total. The molecule has 4 unspecified atom stereocenters. The molecule has 1 heterocycles. The summed E-state index contributed by atoms with van der Waals surface area (Å²) in [6, 6.07) is 7.32. The first-order chi connectivity index (χ1) is 9.61. The van der Waals surface area contributed by atoms with Gasteiger partial charge in [-0.1, -0.05) is 32.9 Å². The number of rotatable bonds is 5. The van der Waals surface area contributed by atoms with Gasteiger partial charge in [-0.3, -0.25) is 0 Å². The molecule has 20 heavy (non-hydrogen) atoms. The van der Waals surface area contributed by atoms with E-state index in [9.17, 15) is 4.39 Å². The lowest BCUT2D eigenvalue weighted by molar-refractivity contribution is 0.526. The van der Waals surface area contributed by atoms with E-state index in [0.29, 0.717) is 16.5 Å². The van der Waals surface area contributed by atoms with Gasteiger partial charge in [-0.2, -0.15) is 23.5 Å². The van der Waals surface area contributed by atoms with Gasteiger partial charge in [0.1, 0.15) is 5.82 Å². The maximum Gasteiger partial charge on any atom is 0.123 e. The van der Waals surface area contributed by atoms with Crippen molar-refractivity contribution in [3.63, 3.8) is 0 Å². The summed E-state index contributed by atoms with van der Waals surface area (Å²) < 4.78 is 13.1. The Bertz CT molecular complexity index is 409. The van der Waals surface area contributed by atoms with Gasteiger partial charge in [-0.15, -0.1) is 0 Å². The second-order valence-corrected chi connectivity index (χ2v) is 8.43. The van der Waals surface area contributed by atoms with Crippen LogP contribution in [0.2, 0.25) is 0 Å². The van der Waals surface area contributed by atoms with Gasteiger partial charge in [0.25, 0.3) is 0 Å². The lowest BCUT2D eigenvalue weighted by atomic mass is 10.0. The molecule has 1 fully saturated rings. The highest BCUT2D eigenvalue weighted by atomic mass is 32.2. The second-order valence-electron chi connectivity index (χ2n) is 5.40. The minimum atomic E-state index is -0.157. The Balaban J connectivity index is 2.12. The van der Waals surface area contributed by atoms with Crippen LogP contribution in [0.3, 0.4) is 0 Å². The summed E-state index contributed by atoms with van der Waals surface area (Å²) in [6.45, 7) is 7.82. The molecule has 1 N–H and O–H groups in total.